The number of hydrogen-bond acceptors (Lipinski definition) is 3. The Bertz CT molecular complexity index is 163. The van der Waals surface area contributed by atoms with Gasteiger partial charge in [-0.15, -0.1) is 0 Å². The Morgan fingerprint density at radius 2 is 2.07 bits per heavy atom. The molecular formula is C11H24N2O2. The molecule has 0 radical (unpaired) electrons. The normalized spacial score (nSPS) is 12.5. The minimum atomic E-state index is -0.328. The van der Waals surface area contributed by atoms with Crippen molar-refractivity contribution in [1.29, 1.82) is 0 Å². The summed E-state index contributed by atoms with van der Waals surface area (Å²) in [5, 5.41) is 5.87. The van der Waals surface area contributed by atoms with Crippen molar-refractivity contribution in [2.24, 2.45) is 0 Å². The molecule has 0 saturated heterocycles. The number of carbonyl (C=O) groups excluding carboxylic acids is 1. The summed E-state index contributed by atoms with van der Waals surface area (Å²) in [5.74, 6) is -0.0118. The second kappa shape index (κ2) is 9.93. The molecule has 0 aromatic heterocycles. The number of unbranched alkanes of at least 4 members (excludes halogenated alkanes) is 1. The summed E-state index contributed by atoms with van der Waals surface area (Å²) >= 11 is 0. The van der Waals surface area contributed by atoms with E-state index in [0.29, 0.717) is 13.2 Å². The van der Waals surface area contributed by atoms with Gasteiger partial charge in [0.1, 0.15) is 6.10 Å². The van der Waals surface area contributed by atoms with E-state index in [4.69, 9.17) is 4.74 Å². The quantitative estimate of drug-likeness (QED) is 0.563. The van der Waals surface area contributed by atoms with Gasteiger partial charge in [-0.25, -0.2) is 0 Å². The van der Waals surface area contributed by atoms with Gasteiger partial charge in [0.2, 0.25) is 5.91 Å². The molecule has 0 bridgehead atoms. The lowest BCUT2D eigenvalue weighted by Gasteiger charge is -2.12. The van der Waals surface area contributed by atoms with Crippen molar-refractivity contribution < 1.29 is 9.53 Å². The van der Waals surface area contributed by atoms with Gasteiger partial charge in [0.05, 0.1) is 0 Å². The van der Waals surface area contributed by atoms with Gasteiger partial charge in [0.25, 0.3) is 0 Å². The number of nitrogens with one attached hydrogen (secondary N) is 2. The van der Waals surface area contributed by atoms with Crippen LogP contribution in [0.15, 0.2) is 0 Å². The van der Waals surface area contributed by atoms with Crippen molar-refractivity contribution in [3.8, 4) is 0 Å². The van der Waals surface area contributed by atoms with Crippen molar-refractivity contribution in [3.63, 3.8) is 0 Å². The molecule has 4 nitrogen and oxygen atoms in total. The lowest BCUT2D eigenvalue weighted by Crippen LogP contribution is -2.36. The molecule has 0 aliphatic carbocycles. The fraction of sp³-hybridized carbons (Fsp3) is 0.909. The summed E-state index contributed by atoms with van der Waals surface area (Å²) in [6.45, 7) is 6.20. The topological polar surface area (TPSA) is 50.4 Å². The third-order valence-electron chi connectivity index (χ3n) is 2.14. The first kappa shape index (κ1) is 14.4. The van der Waals surface area contributed by atoms with Gasteiger partial charge >= 0.3 is 0 Å². The molecule has 0 aromatic rings. The Labute approximate surface area is 92.8 Å². The van der Waals surface area contributed by atoms with Crippen molar-refractivity contribution in [2.75, 3.05) is 26.7 Å². The van der Waals surface area contributed by atoms with Crippen LogP contribution in [-0.4, -0.2) is 38.8 Å². The van der Waals surface area contributed by atoms with E-state index in [0.717, 1.165) is 25.8 Å². The maximum Gasteiger partial charge on any atom is 0.248 e. The zero-order valence-corrected chi connectivity index (χ0v) is 10.1. The standard InChI is InChI=1S/C11H24N2O2/c1-4-5-9-15-10(2)11(14)13-8-6-7-12-3/h10,12H,4-9H2,1-3H3,(H,13,14). The largest absolute Gasteiger partial charge is 0.369 e. The molecule has 0 aliphatic rings. The second-order valence-corrected chi connectivity index (χ2v) is 3.61. The van der Waals surface area contributed by atoms with Gasteiger partial charge in [0, 0.05) is 13.2 Å². The van der Waals surface area contributed by atoms with Crippen molar-refractivity contribution in [3.05, 3.63) is 0 Å². The van der Waals surface area contributed by atoms with Crippen LogP contribution >= 0.6 is 0 Å². The van der Waals surface area contributed by atoms with Crippen LogP contribution in [0.5, 0.6) is 0 Å². The van der Waals surface area contributed by atoms with Gasteiger partial charge in [-0.1, -0.05) is 13.3 Å². The maximum atomic E-state index is 11.4. The molecule has 15 heavy (non-hydrogen) atoms. The molecule has 0 aliphatic heterocycles. The van der Waals surface area contributed by atoms with Crippen LogP contribution in [0.4, 0.5) is 0 Å². The average Bonchev–Trinajstić information content (AvgIpc) is 2.24. The van der Waals surface area contributed by atoms with E-state index < -0.39 is 0 Å². The summed E-state index contributed by atoms with van der Waals surface area (Å²) < 4.78 is 5.37. The molecule has 1 unspecified atom stereocenters. The molecular weight excluding hydrogens is 192 g/mol. The lowest BCUT2D eigenvalue weighted by atomic mass is 10.3. The Morgan fingerprint density at radius 1 is 1.33 bits per heavy atom. The van der Waals surface area contributed by atoms with Crippen molar-refractivity contribution in [1.82, 2.24) is 10.6 Å². The summed E-state index contributed by atoms with van der Waals surface area (Å²) in [7, 11) is 1.90. The number of ether oxygens (including phenoxy) is 1. The SMILES string of the molecule is CCCCOC(C)C(=O)NCCCNC. The third kappa shape index (κ3) is 8.39. The molecule has 1 amide bonds. The van der Waals surface area contributed by atoms with Gasteiger partial charge < -0.3 is 15.4 Å². The van der Waals surface area contributed by atoms with Crippen LogP contribution in [0.2, 0.25) is 0 Å². The van der Waals surface area contributed by atoms with E-state index in [1.54, 1.807) is 6.92 Å². The van der Waals surface area contributed by atoms with Crippen LogP contribution in [0.3, 0.4) is 0 Å². The van der Waals surface area contributed by atoms with E-state index in [2.05, 4.69) is 17.6 Å². The predicted octanol–water partition coefficient (Wildman–Crippen LogP) is 0.917. The highest BCUT2D eigenvalue weighted by molar-refractivity contribution is 5.80. The van der Waals surface area contributed by atoms with Crippen molar-refractivity contribution >= 4 is 5.91 Å². The molecule has 0 spiro atoms. The Morgan fingerprint density at radius 3 is 2.67 bits per heavy atom. The molecule has 1 atom stereocenters. The Hall–Kier alpha value is -0.610. The minimum Gasteiger partial charge on any atom is -0.369 e. The highest BCUT2D eigenvalue weighted by atomic mass is 16.5. The minimum absolute atomic E-state index is 0.0118. The third-order valence-corrected chi connectivity index (χ3v) is 2.14. The zero-order valence-electron chi connectivity index (χ0n) is 10.1. The van der Waals surface area contributed by atoms with Gasteiger partial charge in [-0.05, 0) is 33.4 Å². The first-order chi connectivity index (χ1) is 7.22. The van der Waals surface area contributed by atoms with E-state index in [1.165, 1.54) is 0 Å². The average molecular weight is 216 g/mol. The Balaban J connectivity index is 3.42. The molecule has 0 aromatic carbocycles. The molecule has 0 fully saturated rings. The van der Waals surface area contributed by atoms with Gasteiger partial charge in [0.15, 0.2) is 0 Å². The summed E-state index contributed by atoms with van der Waals surface area (Å²) in [5.41, 5.74) is 0. The van der Waals surface area contributed by atoms with Crippen LogP contribution < -0.4 is 10.6 Å². The summed E-state index contributed by atoms with van der Waals surface area (Å²) in [6, 6.07) is 0. The number of carbonyl (C=O) groups is 1. The summed E-state index contributed by atoms with van der Waals surface area (Å²) in [6.07, 6.45) is 2.73. The second-order valence-electron chi connectivity index (χ2n) is 3.61. The van der Waals surface area contributed by atoms with Crippen LogP contribution in [0, 0.1) is 0 Å². The highest BCUT2D eigenvalue weighted by Gasteiger charge is 2.11. The van der Waals surface area contributed by atoms with Crippen LogP contribution in [0.25, 0.3) is 0 Å². The van der Waals surface area contributed by atoms with Crippen LogP contribution in [-0.2, 0) is 9.53 Å². The maximum absolute atomic E-state index is 11.4. The van der Waals surface area contributed by atoms with E-state index in [9.17, 15) is 4.79 Å². The monoisotopic (exact) mass is 216 g/mol. The molecule has 0 rings (SSSR count). The van der Waals surface area contributed by atoms with E-state index in [1.807, 2.05) is 7.05 Å². The fourth-order valence-corrected chi connectivity index (χ4v) is 1.10. The lowest BCUT2D eigenvalue weighted by molar-refractivity contribution is -0.131. The van der Waals surface area contributed by atoms with E-state index >= 15 is 0 Å². The van der Waals surface area contributed by atoms with Crippen LogP contribution in [0.1, 0.15) is 33.1 Å². The van der Waals surface area contributed by atoms with Crippen molar-refractivity contribution in [2.45, 2.75) is 39.2 Å². The van der Waals surface area contributed by atoms with Gasteiger partial charge in [-0.2, -0.15) is 0 Å². The fourth-order valence-electron chi connectivity index (χ4n) is 1.10. The molecule has 0 heterocycles. The number of rotatable bonds is 9. The summed E-state index contributed by atoms with van der Waals surface area (Å²) in [4.78, 5) is 11.4. The molecule has 4 heteroatoms. The van der Waals surface area contributed by atoms with Gasteiger partial charge in [-0.3, -0.25) is 4.79 Å². The number of amides is 1. The highest BCUT2D eigenvalue weighted by Crippen LogP contribution is 1.95. The predicted molar refractivity (Wildman–Crippen MR) is 61.9 cm³/mol. The number of hydrogen-bond donors (Lipinski definition) is 2. The Kier molecular flexibility index (Phi) is 9.52. The molecule has 0 saturated carbocycles. The molecule has 90 valence electrons. The molecule has 2 N–H and O–H groups in total. The first-order valence-corrected chi connectivity index (χ1v) is 5.76. The van der Waals surface area contributed by atoms with E-state index in [-0.39, 0.29) is 12.0 Å². The smallest absolute Gasteiger partial charge is 0.248 e. The zero-order chi connectivity index (χ0) is 11.5. The first-order valence-electron chi connectivity index (χ1n) is 5.76.